The molecule has 0 saturated carbocycles. The van der Waals surface area contributed by atoms with Gasteiger partial charge >= 0.3 is 0 Å². The smallest absolute Gasteiger partial charge is 0.290 e. The summed E-state index contributed by atoms with van der Waals surface area (Å²) in [4.78, 5) is 29.0. The summed E-state index contributed by atoms with van der Waals surface area (Å²) in [5.74, 6) is 0.438. The first-order valence-electron chi connectivity index (χ1n) is 12.3. The van der Waals surface area contributed by atoms with Crippen LogP contribution in [-0.4, -0.2) is 73.5 Å². The molecule has 10 nitrogen and oxygen atoms in total. The first-order chi connectivity index (χ1) is 19.1. The van der Waals surface area contributed by atoms with Gasteiger partial charge in [-0.1, -0.05) is 11.6 Å². The summed E-state index contributed by atoms with van der Waals surface area (Å²) >= 11 is 7.19. The number of aldehydes is 1. The van der Waals surface area contributed by atoms with E-state index in [-0.39, 0.29) is 19.4 Å². The van der Waals surface area contributed by atoms with Crippen molar-refractivity contribution in [1.29, 1.82) is 0 Å². The molecule has 3 aromatic rings. The predicted molar refractivity (Wildman–Crippen MR) is 155 cm³/mol. The molecule has 0 aliphatic carbocycles. The van der Waals surface area contributed by atoms with Crippen molar-refractivity contribution >= 4 is 57.0 Å². The zero-order chi connectivity index (χ0) is 29.3. The highest BCUT2D eigenvalue weighted by atomic mass is 35.5. The Morgan fingerprint density at radius 3 is 2.60 bits per heavy atom. The lowest BCUT2D eigenvalue weighted by Crippen LogP contribution is -2.37. The van der Waals surface area contributed by atoms with Crippen molar-refractivity contribution < 1.29 is 27.5 Å². The number of benzene rings is 1. The minimum atomic E-state index is -3.88. The normalized spacial score (nSPS) is 14.6. The van der Waals surface area contributed by atoms with Crippen molar-refractivity contribution in [3.05, 3.63) is 69.0 Å². The molecule has 0 spiro atoms. The second kappa shape index (κ2) is 14.5. The largest absolute Gasteiger partial charge is 0.483 e. The van der Waals surface area contributed by atoms with Gasteiger partial charge in [0, 0.05) is 42.6 Å². The second-order valence-electron chi connectivity index (χ2n) is 9.10. The van der Waals surface area contributed by atoms with Gasteiger partial charge in [-0.15, -0.1) is 11.3 Å². The molecule has 3 heterocycles. The van der Waals surface area contributed by atoms with Crippen LogP contribution < -0.4 is 9.62 Å². The maximum atomic E-state index is 15.1. The molecule has 1 atom stereocenters. The molecular formula is C26H31ClFN5O5S2. The van der Waals surface area contributed by atoms with Crippen LogP contribution in [0, 0.1) is 5.82 Å². The molecule has 1 unspecified atom stereocenters. The number of nitrogens with one attached hydrogen (secondary N) is 1. The number of hydrogen-bond acceptors (Lipinski definition) is 8. The number of hydrogen-bond donors (Lipinski definition) is 2. The fraction of sp³-hybridized carbons (Fsp3) is 0.346. The van der Waals surface area contributed by atoms with E-state index in [1.54, 1.807) is 43.3 Å². The van der Waals surface area contributed by atoms with Crippen LogP contribution in [0.15, 0.2) is 48.1 Å². The maximum Gasteiger partial charge on any atom is 0.290 e. The fourth-order valence-electron chi connectivity index (χ4n) is 4.05. The van der Waals surface area contributed by atoms with Crippen molar-refractivity contribution in [2.45, 2.75) is 32.4 Å². The summed E-state index contributed by atoms with van der Waals surface area (Å²) in [5, 5.41) is 7.97. The summed E-state index contributed by atoms with van der Waals surface area (Å²) in [5.41, 5.74) is 1.54. The lowest BCUT2D eigenvalue weighted by atomic mass is 10.2. The number of nitrogens with zero attached hydrogens (tertiary/aromatic N) is 4. The summed E-state index contributed by atoms with van der Waals surface area (Å²) in [7, 11) is -2.18. The van der Waals surface area contributed by atoms with Crippen LogP contribution in [0.4, 0.5) is 10.1 Å². The molecule has 0 amide bonds. The molecule has 0 bridgehead atoms. The van der Waals surface area contributed by atoms with Gasteiger partial charge in [-0.25, -0.2) is 22.5 Å². The lowest BCUT2D eigenvalue weighted by Gasteiger charge is -2.30. The third kappa shape index (κ3) is 8.70. The molecule has 1 aliphatic rings. The van der Waals surface area contributed by atoms with Crippen LogP contribution in [0.1, 0.15) is 30.5 Å². The molecule has 2 N–H and O–H groups in total. The van der Waals surface area contributed by atoms with E-state index >= 15 is 4.39 Å². The average molecular weight is 612 g/mol. The van der Waals surface area contributed by atoms with E-state index < -0.39 is 21.9 Å². The SMILES string of the molecule is C/C(=C\S(=O)(=O)NC(C=O)CCN(C)c1ccc(-n2ccnc2CN2CCC2)cc1F)c1ccc(Cl)s1.O=CO. The van der Waals surface area contributed by atoms with Crippen LogP contribution in [0.25, 0.3) is 11.3 Å². The Hall–Kier alpha value is -3.10. The van der Waals surface area contributed by atoms with Crippen molar-refractivity contribution in [3.63, 3.8) is 0 Å². The number of aromatic nitrogens is 2. The molecule has 2 aromatic heterocycles. The molecule has 1 aromatic carbocycles. The van der Waals surface area contributed by atoms with Gasteiger partial charge in [-0.05, 0) is 62.7 Å². The van der Waals surface area contributed by atoms with E-state index in [0.717, 1.165) is 35.7 Å². The quantitative estimate of drug-likeness (QED) is 0.294. The monoisotopic (exact) mass is 611 g/mol. The maximum absolute atomic E-state index is 15.1. The Morgan fingerprint density at radius 1 is 1.30 bits per heavy atom. The van der Waals surface area contributed by atoms with E-state index in [0.29, 0.717) is 27.6 Å². The number of thiophene rings is 1. The van der Waals surface area contributed by atoms with Crippen molar-refractivity contribution in [2.24, 2.45) is 0 Å². The standard InChI is InChI=1S/C25H29ClFN5O3S2.CH2O2/c1-18(23-6-7-24(26)36-23)17-37(34,35)29-19(16-33)8-12-30(2)22-5-4-20(14-21(22)27)32-13-9-28-25(32)15-31-10-3-11-31;2-1-3/h4-7,9,13-14,16-17,19,29H,3,8,10-12,15H2,1-2H3;1H,(H,2,3)/b18-17+;. The highest BCUT2D eigenvalue weighted by molar-refractivity contribution is 7.92. The van der Waals surface area contributed by atoms with Gasteiger partial charge in [0.15, 0.2) is 0 Å². The molecule has 0 radical (unpaired) electrons. The van der Waals surface area contributed by atoms with E-state index in [1.165, 1.54) is 23.8 Å². The number of sulfonamides is 1. The van der Waals surface area contributed by atoms with Crippen molar-refractivity contribution in [1.82, 2.24) is 19.2 Å². The predicted octanol–water partition coefficient (Wildman–Crippen LogP) is 4.01. The minimum absolute atomic E-state index is 0.166. The number of anilines is 1. The van der Waals surface area contributed by atoms with Gasteiger partial charge < -0.3 is 19.4 Å². The zero-order valence-electron chi connectivity index (χ0n) is 22.0. The van der Waals surface area contributed by atoms with Gasteiger partial charge in [0.1, 0.15) is 17.9 Å². The second-order valence-corrected chi connectivity index (χ2v) is 12.4. The number of imidazole rings is 1. The number of carbonyl (C=O) groups is 2. The van der Waals surface area contributed by atoms with E-state index in [4.69, 9.17) is 21.5 Å². The molecule has 1 saturated heterocycles. The van der Waals surface area contributed by atoms with Crippen LogP contribution >= 0.6 is 22.9 Å². The minimum Gasteiger partial charge on any atom is -0.483 e. The Balaban J connectivity index is 0.00000141. The first kappa shape index (κ1) is 31.4. The van der Waals surface area contributed by atoms with Crippen LogP contribution in [0.2, 0.25) is 4.34 Å². The van der Waals surface area contributed by atoms with E-state index in [9.17, 15) is 13.2 Å². The number of carbonyl (C=O) groups excluding carboxylic acids is 1. The third-order valence-corrected chi connectivity index (χ3v) is 8.86. The molecule has 1 fully saturated rings. The molecule has 14 heteroatoms. The average Bonchev–Trinajstić information content (AvgIpc) is 3.53. The first-order valence-corrected chi connectivity index (χ1v) is 15.1. The molecule has 40 heavy (non-hydrogen) atoms. The number of likely N-dealkylation sites (tertiary alicyclic amines) is 1. The van der Waals surface area contributed by atoms with Gasteiger partial charge in [0.25, 0.3) is 6.47 Å². The number of halogens is 2. The topological polar surface area (TPSA) is 125 Å². The molecule has 1 aliphatic heterocycles. The van der Waals surface area contributed by atoms with Gasteiger partial charge in [0.2, 0.25) is 10.0 Å². The summed E-state index contributed by atoms with van der Waals surface area (Å²) < 4.78 is 45.0. The van der Waals surface area contributed by atoms with Crippen molar-refractivity contribution in [3.8, 4) is 5.69 Å². The van der Waals surface area contributed by atoms with E-state index in [2.05, 4.69) is 14.6 Å². The fourth-order valence-corrected chi connectivity index (χ4v) is 6.40. The van der Waals surface area contributed by atoms with Crippen molar-refractivity contribution in [2.75, 3.05) is 31.6 Å². The van der Waals surface area contributed by atoms with E-state index in [1.807, 2.05) is 16.8 Å². The van der Waals surface area contributed by atoms with Gasteiger partial charge in [0.05, 0.1) is 28.0 Å². The van der Waals surface area contributed by atoms with Gasteiger partial charge in [-0.2, -0.15) is 0 Å². The summed E-state index contributed by atoms with van der Waals surface area (Å²) in [6.45, 7) is 4.48. The number of carboxylic acid groups (broad SMARTS) is 1. The number of rotatable bonds is 12. The van der Waals surface area contributed by atoms with Crippen LogP contribution in [0.5, 0.6) is 0 Å². The lowest BCUT2D eigenvalue weighted by molar-refractivity contribution is -0.122. The Morgan fingerprint density at radius 2 is 2.02 bits per heavy atom. The Bertz CT molecular complexity index is 1440. The zero-order valence-corrected chi connectivity index (χ0v) is 24.4. The summed E-state index contributed by atoms with van der Waals surface area (Å²) in [6, 6.07) is 7.42. The summed E-state index contributed by atoms with van der Waals surface area (Å²) in [6.07, 6.45) is 5.43. The molecular weight excluding hydrogens is 581 g/mol. The highest BCUT2D eigenvalue weighted by Gasteiger charge is 2.20. The molecule has 4 rings (SSSR count). The third-order valence-electron chi connectivity index (χ3n) is 6.20. The Labute approximate surface area is 241 Å². The number of allylic oxidation sites excluding steroid dienone is 1. The van der Waals surface area contributed by atoms with Crippen LogP contribution in [-0.2, 0) is 26.2 Å². The molecule has 216 valence electrons. The van der Waals surface area contributed by atoms with Crippen LogP contribution in [0.3, 0.4) is 0 Å². The highest BCUT2D eigenvalue weighted by Crippen LogP contribution is 2.28. The van der Waals surface area contributed by atoms with Gasteiger partial charge in [-0.3, -0.25) is 9.69 Å². The Kier molecular flexibility index (Phi) is 11.4.